The molecule has 2 rings (SSSR count). The highest BCUT2D eigenvalue weighted by atomic mass is 16.1. The largest absolute Gasteiger partial charge is 0.326 e. The maximum atomic E-state index is 11.2. The second-order valence-corrected chi connectivity index (χ2v) is 4.24. The SMILES string of the molecule is C1CNCCN1.C=CCCC(=O)Nc1ccccc1. The van der Waals surface area contributed by atoms with Gasteiger partial charge in [-0.1, -0.05) is 24.3 Å². The fourth-order valence-corrected chi connectivity index (χ4v) is 1.58. The first-order valence-corrected chi connectivity index (χ1v) is 6.70. The van der Waals surface area contributed by atoms with Crippen LogP contribution in [0.4, 0.5) is 5.69 Å². The Morgan fingerprint density at radius 3 is 2.21 bits per heavy atom. The standard InChI is InChI=1S/C11H13NO.C4H10N2/c1-2-3-9-11(13)12-10-7-5-4-6-8-10;1-2-6-4-3-5-1/h2,4-8H,1,3,9H2,(H,12,13);5-6H,1-4H2. The van der Waals surface area contributed by atoms with E-state index in [1.165, 1.54) is 0 Å². The van der Waals surface area contributed by atoms with Gasteiger partial charge in [-0.3, -0.25) is 4.79 Å². The number of carbonyl (C=O) groups is 1. The Balaban J connectivity index is 0.000000250. The summed E-state index contributed by atoms with van der Waals surface area (Å²) in [4.78, 5) is 11.2. The van der Waals surface area contributed by atoms with Gasteiger partial charge in [-0.15, -0.1) is 6.58 Å². The van der Waals surface area contributed by atoms with Crippen LogP contribution in [0, 0.1) is 0 Å². The molecule has 1 saturated heterocycles. The van der Waals surface area contributed by atoms with E-state index in [-0.39, 0.29) is 5.91 Å². The number of piperazine rings is 1. The average molecular weight is 261 g/mol. The van der Waals surface area contributed by atoms with Crippen LogP contribution in [0.1, 0.15) is 12.8 Å². The van der Waals surface area contributed by atoms with E-state index in [1.54, 1.807) is 6.08 Å². The van der Waals surface area contributed by atoms with Crippen molar-refractivity contribution in [3.8, 4) is 0 Å². The van der Waals surface area contributed by atoms with Gasteiger partial charge < -0.3 is 16.0 Å². The number of carbonyl (C=O) groups excluding carboxylic acids is 1. The number of allylic oxidation sites excluding steroid dienone is 1. The molecular formula is C15H23N3O. The van der Waals surface area contributed by atoms with E-state index in [0.717, 1.165) is 38.3 Å². The van der Waals surface area contributed by atoms with Crippen molar-refractivity contribution >= 4 is 11.6 Å². The van der Waals surface area contributed by atoms with E-state index in [2.05, 4.69) is 22.5 Å². The quantitative estimate of drug-likeness (QED) is 0.724. The molecule has 1 fully saturated rings. The van der Waals surface area contributed by atoms with Gasteiger partial charge in [0.15, 0.2) is 0 Å². The van der Waals surface area contributed by atoms with Crippen molar-refractivity contribution in [2.24, 2.45) is 0 Å². The number of para-hydroxylation sites is 1. The molecule has 0 atom stereocenters. The van der Waals surface area contributed by atoms with Gasteiger partial charge in [0.1, 0.15) is 0 Å². The normalized spacial score (nSPS) is 13.9. The molecule has 1 aliphatic rings. The Morgan fingerprint density at radius 2 is 1.74 bits per heavy atom. The smallest absolute Gasteiger partial charge is 0.224 e. The van der Waals surface area contributed by atoms with Crippen LogP contribution < -0.4 is 16.0 Å². The molecule has 0 aromatic heterocycles. The molecule has 0 spiro atoms. The Hall–Kier alpha value is -1.65. The summed E-state index contributed by atoms with van der Waals surface area (Å²) in [5, 5.41) is 9.23. The zero-order valence-electron chi connectivity index (χ0n) is 11.3. The summed E-state index contributed by atoms with van der Waals surface area (Å²) in [7, 11) is 0. The summed E-state index contributed by atoms with van der Waals surface area (Å²) in [6, 6.07) is 9.43. The molecule has 0 unspecified atom stereocenters. The monoisotopic (exact) mass is 261 g/mol. The van der Waals surface area contributed by atoms with Gasteiger partial charge in [0, 0.05) is 38.3 Å². The first-order chi connectivity index (χ1) is 9.33. The maximum absolute atomic E-state index is 11.2. The van der Waals surface area contributed by atoms with E-state index in [1.807, 2.05) is 30.3 Å². The second-order valence-electron chi connectivity index (χ2n) is 4.24. The van der Waals surface area contributed by atoms with Crippen LogP contribution in [0.2, 0.25) is 0 Å². The molecule has 4 heteroatoms. The first-order valence-electron chi connectivity index (χ1n) is 6.70. The van der Waals surface area contributed by atoms with Crippen LogP contribution in [-0.4, -0.2) is 32.1 Å². The number of benzene rings is 1. The maximum Gasteiger partial charge on any atom is 0.224 e. The molecule has 1 aromatic rings. The van der Waals surface area contributed by atoms with E-state index in [0.29, 0.717) is 6.42 Å². The number of amides is 1. The molecule has 1 amide bonds. The van der Waals surface area contributed by atoms with Crippen molar-refractivity contribution in [2.45, 2.75) is 12.8 Å². The number of nitrogens with one attached hydrogen (secondary N) is 3. The van der Waals surface area contributed by atoms with Gasteiger partial charge in [-0.2, -0.15) is 0 Å². The van der Waals surface area contributed by atoms with Crippen molar-refractivity contribution in [1.29, 1.82) is 0 Å². The molecule has 1 aromatic carbocycles. The summed E-state index contributed by atoms with van der Waals surface area (Å²) in [5.41, 5.74) is 0.844. The van der Waals surface area contributed by atoms with Gasteiger partial charge in [0.2, 0.25) is 5.91 Å². The third kappa shape index (κ3) is 8.13. The van der Waals surface area contributed by atoms with Crippen molar-refractivity contribution in [1.82, 2.24) is 10.6 Å². The van der Waals surface area contributed by atoms with Crippen molar-refractivity contribution in [2.75, 3.05) is 31.5 Å². The Kier molecular flexibility index (Phi) is 8.34. The summed E-state index contributed by atoms with van der Waals surface area (Å²) in [6.45, 7) is 8.12. The number of anilines is 1. The van der Waals surface area contributed by atoms with Gasteiger partial charge >= 0.3 is 0 Å². The molecule has 4 nitrogen and oxygen atoms in total. The average Bonchev–Trinajstić information content (AvgIpc) is 2.49. The van der Waals surface area contributed by atoms with Crippen LogP contribution >= 0.6 is 0 Å². The lowest BCUT2D eigenvalue weighted by Gasteiger charge is -2.11. The topological polar surface area (TPSA) is 53.2 Å². The zero-order valence-corrected chi connectivity index (χ0v) is 11.3. The minimum absolute atomic E-state index is 0.0334. The fourth-order valence-electron chi connectivity index (χ4n) is 1.58. The lowest BCUT2D eigenvalue weighted by molar-refractivity contribution is -0.116. The van der Waals surface area contributed by atoms with Crippen LogP contribution in [0.25, 0.3) is 0 Å². The zero-order chi connectivity index (χ0) is 13.8. The van der Waals surface area contributed by atoms with Crippen LogP contribution in [0.15, 0.2) is 43.0 Å². The summed E-state index contributed by atoms with van der Waals surface area (Å²) in [6.07, 6.45) is 2.96. The van der Waals surface area contributed by atoms with Gasteiger partial charge in [0.05, 0.1) is 0 Å². The summed E-state index contributed by atoms with van der Waals surface area (Å²) < 4.78 is 0. The highest BCUT2D eigenvalue weighted by molar-refractivity contribution is 5.90. The Bertz CT molecular complexity index is 349. The fraction of sp³-hybridized carbons (Fsp3) is 0.400. The van der Waals surface area contributed by atoms with E-state index >= 15 is 0 Å². The summed E-state index contributed by atoms with van der Waals surface area (Å²) in [5.74, 6) is 0.0334. The molecule has 1 heterocycles. The Morgan fingerprint density at radius 1 is 1.16 bits per heavy atom. The molecule has 0 saturated carbocycles. The lowest BCUT2D eigenvalue weighted by Crippen LogP contribution is -2.39. The minimum Gasteiger partial charge on any atom is -0.326 e. The van der Waals surface area contributed by atoms with Crippen molar-refractivity contribution in [3.05, 3.63) is 43.0 Å². The van der Waals surface area contributed by atoms with E-state index in [9.17, 15) is 4.79 Å². The van der Waals surface area contributed by atoms with Crippen LogP contribution in [0.3, 0.4) is 0 Å². The first kappa shape index (κ1) is 15.4. The molecule has 19 heavy (non-hydrogen) atoms. The van der Waals surface area contributed by atoms with Gasteiger partial charge in [-0.25, -0.2) is 0 Å². The van der Waals surface area contributed by atoms with Crippen LogP contribution in [0.5, 0.6) is 0 Å². The molecule has 1 aliphatic heterocycles. The number of rotatable bonds is 4. The molecule has 104 valence electrons. The van der Waals surface area contributed by atoms with Gasteiger partial charge in [0.25, 0.3) is 0 Å². The summed E-state index contributed by atoms with van der Waals surface area (Å²) >= 11 is 0. The molecule has 0 bridgehead atoms. The van der Waals surface area contributed by atoms with Crippen LogP contribution in [-0.2, 0) is 4.79 Å². The van der Waals surface area contributed by atoms with Gasteiger partial charge in [-0.05, 0) is 18.6 Å². The third-order valence-corrected chi connectivity index (χ3v) is 2.59. The highest BCUT2D eigenvalue weighted by Crippen LogP contribution is 2.05. The minimum atomic E-state index is 0.0334. The second kappa shape index (κ2) is 10.3. The highest BCUT2D eigenvalue weighted by Gasteiger charge is 1.98. The van der Waals surface area contributed by atoms with Crippen molar-refractivity contribution in [3.63, 3.8) is 0 Å². The predicted octanol–water partition coefficient (Wildman–Crippen LogP) is 1.77. The lowest BCUT2D eigenvalue weighted by atomic mass is 10.2. The van der Waals surface area contributed by atoms with E-state index in [4.69, 9.17) is 0 Å². The molecule has 0 aliphatic carbocycles. The number of hydrogen-bond acceptors (Lipinski definition) is 3. The predicted molar refractivity (Wildman–Crippen MR) is 80.2 cm³/mol. The third-order valence-electron chi connectivity index (χ3n) is 2.59. The number of hydrogen-bond donors (Lipinski definition) is 3. The van der Waals surface area contributed by atoms with Crippen molar-refractivity contribution < 1.29 is 4.79 Å². The Labute approximate surface area is 115 Å². The van der Waals surface area contributed by atoms with E-state index < -0.39 is 0 Å². The molecule has 3 N–H and O–H groups in total. The molecular weight excluding hydrogens is 238 g/mol. The molecule has 0 radical (unpaired) electrons.